The van der Waals surface area contributed by atoms with E-state index in [-0.39, 0.29) is 24.2 Å². The van der Waals surface area contributed by atoms with Gasteiger partial charge in [0.15, 0.2) is 0 Å². The van der Waals surface area contributed by atoms with Crippen LogP contribution >= 0.6 is 0 Å². The molecule has 4 nitrogen and oxygen atoms in total. The number of hydrogen-bond acceptors (Lipinski definition) is 3. The molecule has 0 spiro atoms. The molecule has 0 bridgehead atoms. The molecule has 2 N–H and O–H groups in total. The van der Waals surface area contributed by atoms with Gasteiger partial charge in [-0.05, 0) is 43.2 Å². The number of furan rings is 1. The van der Waals surface area contributed by atoms with E-state index in [0.717, 1.165) is 5.56 Å². The fourth-order valence-corrected chi connectivity index (χ4v) is 2.29. The summed E-state index contributed by atoms with van der Waals surface area (Å²) in [6.07, 6.45) is 1.90. The number of carbonyl (C=O) groups excluding carboxylic acids is 1. The molecule has 1 heterocycles. The molecule has 0 radical (unpaired) electrons. The van der Waals surface area contributed by atoms with Crippen molar-refractivity contribution >= 4 is 5.91 Å². The molecular formula is C17H20FNO3. The number of aryl methyl sites for hydroxylation is 1. The Labute approximate surface area is 129 Å². The third-order valence-electron chi connectivity index (χ3n) is 3.39. The number of rotatable bonds is 7. The highest BCUT2D eigenvalue weighted by Gasteiger charge is 2.16. The van der Waals surface area contributed by atoms with E-state index in [9.17, 15) is 14.3 Å². The largest absolute Gasteiger partial charge is 0.467 e. The lowest BCUT2D eigenvalue weighted by Crippen LogP contribution is -2.33. The van der Waals surface area contributed by atoms with Crippen LogP contribution in [-0.2, 0) is 11.2 Å². The highest BCUT2D eigenvalue weighted by atomic mass is 19.1. The summed E-state index contributed by atoms with van der Waals surface area (Å²) in [5.74, 6) is 0.0668. The predicted octanol–water partition coefficient (Wildman–Crippen LogP) is 2.98. The average Bonchev–Trinajstić information content (AvgIpc) is 2.99. The van der Waals surface area contributed by atoms with Crippen LogP contribution in [0.2, 0.25) is 0 Å². The quantitative estimate of drug-likeness (QED) is 0.826. The third kappa shape index (κ3) is 5.00. The van der Waals surface area contributed by atoms with Crippen molar-refractivity contribution in [3.8, 4) is 0 Å². The zero-order valence-corrected chi connectivity index (χ0v) is 12.5. The summed E-state index contributed by atoms with van der Waals surface area (Å²) in [6.45, 7) is 1.83. The second-order valence-electron chi connectivity index (χ2n) is 5.37. The zero-order valence-electron chi connectivity index (χ0n) is 12.5. The van der Waals surface area contributed by atoms with E-state index >= 15 is 0 Å². The van der Waals surface area contributed by atoms with Gasteiger partial charge in [0, 0.05) is 18.9 Å². The standard InChI is InChI=1S/C17H20FNO3/c1-12(10-15(20)16-6-3-9-22-16)19-17(21)8-7-13-4-2-5-14(18)11-13/h2-6,9,11-12,15,20H,7-8,10H2,1H3,(H,19,21). The number of benzene rings is 1. The van der Waals surface area contributed by atoms with Gasteiger partial charge in [-0.2, -0.15) is 0 Å². The fraction of sp³-hybridized carbons (Fsp3) is 0.353. The number of aliphatic hydroxyl groups excluding tert-OH is 1. The molecule has 22 heavy (non-hydrogen) atoms. The lowest BCUT2D eigenvalue weighted by molar-refractivity contribution is -0.121. The van der Waals surface area contributed by atoms with E-state index in [2.05, 4.69) is 5.32 Å². The maximum Gasteiger partial charge on any atom is 0.220 e. The van der Waals surface area contributed by atoms with Crippen LogP contribution < -0.4 is 5.32 Å². The van der Waals surface area contributed by atoms with Gasteiger partial charge >= 0.3 is 0 Å². The van der Waals surface area contributed by atoms with Gasteiger partial charge in [0.2, 0.25) is 5.91 Å². The van der Waals surface area contributed by atoms with Crippen LogP contribution in [0.4, 0.5) is 4.39 Å². The average molecular weight is 305 g/mol. The molecule has 0 saturated carbocycles. The van der Waals surface area contributed by atoms with Crippen LogP contribution in [0.1, 0.15) is 37.2 Å². The van der Waals surface area contributed by atoms with Crippen molar-refractivity contribution in [2.75, 3.05) is 0 Å². The number of halogens is 1. The first-order valence-corrected chi connectivity index (χ1v) is 7.30. The Bertz CT molecular complexity index is 598. The number of amides is 1. The van der Waals surface area contributed by atoms with Gasteiger partial charge in [-0.15, -0.1) is 0 Å². The van der Waals surface area contributed by atoms with Crippen LogP contribution in [0.25, 0.3) is 0 Å². The minimum atomic E-state index is -0.742. The molecule has 1 aromatic carbocycles. The molecule has 2 aromatic rings. The molecule has 0 fully saturated rings. The monoisotopic (exact) mass is 305 g/mol. The van der Waals surface area contributed by atoms with Gasteiger partial charge in [0.25, 0.3) is 0 Å². The molecular weight excluding hydrogens is 285 g/mol. The summed E-state index contributed by atoms with van der Waals surface area (Å²) in [7, 11) is 0. The molecule has 1 aromatic heterocycles. The third-order valence-corrected chi connectivity index (χ3v) is 3.39. The van der Waals surface area contributed by atoms with Crippen molar-refractivity contribution < 1.29 is 18.7 Å². The van der Waals surface area contributed by atoms with E-state index in [1.165, 1.54) is 18.4 Å². The molecule has 5 heteroatoms. The summed E-state index contributed by atoms with van der Waals surface area (Å²) >= 11 is 0. The van der Waals surface area contributed by atoms with Gasteiger partial charge in [-0.1, -0.05) is 12.1 Å². The topological polar surface area (TPSA) is 62.5 Å². The first-order valence-electron chi connectivity index (χ1n) is 7.30. The van der Waals surface area contributed by atoms with E-state index < -0.39 is 6.10 Å². The Kier molecular flexibility index (Phi) is 5.72. The minimum absolute atomic E-state index is 0.122. The first-order chi connectivity index (χ1) is 10.5. The fourth-order valence-electron chi connectivity index (χ4n) is 2.29. The van der Waals surface area contributed by atoms with Gasteiger partial charge in [-0.25, -0.2) is 4.39 Å². The lowest BCUT2D eigenvalue weighted by atomic mass is 10.1. The summed E-state index contributed by atoms with van der Waals surface area (Å²) in [4.78, 5) is 11.9. The second kappa shape index (κ2) is 7.75. The van der Waals surface area contributed by atoms with Gasteiger partial charge in [-0.3, -0.25) is 4.79 Å². The van der Waals surface area contributed by atoms with Crippen LogP contribution in [0.5, 0.6) is 0 Å². The van der Waals surface area contributed by atoms with Gasteiger partial charge in [0.1, 0.15) is 17.7 Å². The SMILES string of the molecule is CC(CC(O)c1ccco1)NC(=O)CCc1cccc(F)c1. The van der Waals surface area contributed by atoms with Crippen molar-refractivity contribution in [1.82, 2.24) is 5.32 Å². The van der Waals surface area contributed by atoms with Crippen LogP contribution in [-0.4, -0.2) is 17.1 Å². The van der Waals surface area contributed by atoms with Crippen molar-refractivity contribution in [2.24, 2.45) is 0 Å². The van der Waals surface area contributed by atoms with E-state index in [4.69, 9.17) is 4.42 Å². The predicted molar refractivity (Wildman–Crippen MR) is 80.6 cm³/mol. The molecule has 2 rings (SSSR count). The van der Waals surface area contributed by atoms with E-state index in [0.29, 0.717) is 18.6 Å². The molecule has 0 aliphatic rings. The van der Waals surface area contributed by atoms with Crippen LogP contribution in [0, 0.1) is 5.82 Å². The van der Waals surface area contributed by atoms with Gasteiger partial charge in [0.05, 0.1) is 6.26 Å². The van der Waals surface area contributed by atoms with E-state index in [1.54, 1.807) is 24.3 Å². The normalized spacial score (nSPS) is 13.6. The first kappa shape index (κ1) is 16.2. The number of hydrogen-bond donors (Lipinski definition) is 2. The smallest absolute Gasteiger partial charge is 0.220 e. The zero-order chi connectivity index (χ0) is 15.9. The molecule has 0 aliphatic carbocycles. The van der Waals surface area contributed by atoms with Crippen molar-refractivity contribution in [1.29, 1.82) is 0 Å². The Morgan fingerprint density at radius 1 is 1.36 bits per heavy atom. The van der Waals surface area contributed by atoms with E-state index in [1.807, 2.05) is 6.92 Å². The van der Waals surface area contributed by atoms with Gasteiger partial charge < -0.3 is 14.8 Å². The molecule has 2 atom stereocenters. The Morgan fingerprint density at radius 2 is 2.18 bits per heavy atom. The summed E-state index contributed by atoms with van der Waals surface area (Å²) in [5.41, 5.74) is 0.790. The second-order valence-corrected chi connectivity index (χ2v) is 5.37. The maximum atomic E-state index is 13.0. The molecule has 0 saturated heterocycles. The van der Waals surface area contributed by atoms with Crippen molar-refractivity contribution in [2.45, 2.75) is 38.3 Å². The molecule has 2 unspecified atom stereocenters. The van der Waals surface area contributed by atoms with Crippen LogP contribution in [0.15, 0.2) is 47.1 Å². The molecule has 118 valence electrons. The maximum absolute atomic E-state index is 13.0. The number of aliphatic hydroxyl groups is 1. The highest BCUT2D eigenvalue weighted by Crippen LogP contribution is 2.18. The van der Waals surface area contributed by atoms with Crippen molar-refractivity contribution in [3.05, 3.63) is 59.8 Å². The lowest BCUT2D eigenvalue weighted by Gasteiger charge is -2.16. The number of carbonyl (C=O) groups is 1. The highest BCUT2D eigenvalue weighted by molar-refractivity contribution is 5.76. The summed E-state index contributed by atoms with van der Waals surface area (Å²) in [6, 6.07) is 9.45. The summed E-state index contributed by atoms with van der Waals surface area (Å²) in [5, 5.41) is 12.8. The van der Waals surface area contributed by atoms with Crippen LogP contribution in [0.3, 0.4) is 0 Å². The summed E-state index contributed by atoms with van der Waals surface area (Å²) < 4.78 is 18.2. The molecule has 1 amide bonds. The Hall–Kier alpha value is -2.14. The molecule has 0 aliphatic heterocycles. The Balaban J connectivity index is 1.74. The Morgan fingerprint density at radius 3 is 2.86 bits per heavy atom. The minimum Gasteiger partial charge on any atom is -0.467 e. The number of nitrogens with one attached hydrogen (secondary N) is 1. The van der Waals surface area contributed by atoms with Crippen molar-refractivity contribution in [3.63, 3.8) is 0 Å².